The summed E-state index contributed by atoms with van der Waals surface area (Å²) < 4.78 is 12.3. The number of methoxy groups -OCH3 is 1. The Morgan fingerprint density at radius 1 is 0.936 bits per heavy atom. The van der Waals surface area contributed by atoms with Crippen LogP contribution in [0.5, 0.6) is 5.75 Å². The minimum Gasteiger partial charge on any atom is -0.496 e. The van der Waals surface area contributed by atoms with Gasteiger partial charge in [0.15, 0.2) is 8.32 Å². The van der Waals surface area contributed by atoms with Crippen LogP contribution in [0.3, 0.4) is 0 Å². The van der Waals surface area contributed by atoms with Crippen LogP contribution in [0.15, 0.2) is 48.7 Å². The van der Waals surface area contributed by atoms with E-state index in [1.807, 2.05) is 17.5 Å². The fourth-order valence-corrected chi connectivity index (χ4v) is 9.93. The topological polar surface area (TPSA) is 51.7 Å². The predicted octanol–water partition coefficient (Wildman–Crippen LogP) is 10.9. The van der Waals surface area contributed by atoms with Crippen molar-refractivity contribution < 1.29 is 14.0 Å². The first-order valence-electron chi connectivity index (χ1n) is 18.1. The van der Waals surface area contributed by atoms with Crippen molar-refractivity contribution in [2.75, 3.05) is 18.6 Å². The van der Waals surface area contributed by atoms with Crippen LogP contribution in [0.4, 0.5) is 5.69 Å². The molecule has 3 aliphatic rings. The second-order valence-electron chi connectivity index (χ2n) is 16.1. The zero-order valence-corrected chi connectivity index (χ0v) is 31.6. The molecule has 0 bridgehead atoms. The number of anilines is 1. The molecule has 6 rings (SSSR count). The van der Waals surface area contributed by atoms with Gasteiger partial charge in [-0.1, -0.05) is 45.0 Å². The van der Waals surface area contributed by atoms with Crippen molar-refractivity contribution in [1.82, 2.24) is 4.98 Å². The summed E-state index contributed by atoms with van der Waals surface area (Å²) in [5, 5.41) is 1.46. The Kier molecular flexibility index (Phi) is 10.4. The first-order valence-corrected chi connectivity index (χ1v) is 21.8. The molecule has 5 nitrogen and oxygen atoms in total. The minimum atomic E-state index is -1.83. The van der Waals surface area contributed by atoms with Gasteiger partial charge >= 0.3 is 0 Å². The van der Waals surface area contributed by atoms with Gasteiger partial charge in [0.1, 0.15) is 5.75 Å². The van der Waals surface area contributed by atoms with Gasteiger partial charge in [0.05, 0.1) is 17.0 Å². The maximum atomic E-state index is 14.5. The van der Waals surface area contributed by atoms with E-state index in [4.69, 9.17) is 14.1 Å². The van der Waals surface area contributed by atoms with Gasteiger partial charge in [0.25, 0.3) is 0 Å². The van der Waals surface area contributed by atoms with Crippen LogP contribution in [0, 0.1) is 18.8 Å². The summed E-state index contributed by atoms with van der Waals surface area (Å²) in [7, 11) is -0.0862. The molecule has 0 atom stereocenters. The molecule has 1 amide bonds. The molecule has 1 aromatic heterocycles. The SMILES string of the molecule is COc1ccc(C2CCC(CN(C(=O)C3CCC(O[Si](C)(C)C(C)(C)C)CC3)c3cccc(-c4cnc(C5CC5)s4)c3)CC2)cc1C. The van der Waals surface area contributed by atoms with E-state index < -0.39 is 8.32 Å². The average Bonchev–Trinajstić information content (AvgIpc) is 3.79. The zero-order valence-electron chi connectivity index (χ0n) is 29.8. The van der Waals surface area contributed by atoms with Gasteiger partial charge in [-0.05, 0) is 136 Å². The molecular formula is C40H56N2O3SSi. The number of rotatable bonds is 10. The third-order valence-corrected chi connectivity index (χ3v) is 17.4. The minimum absolute atomic E-state index is 0.0569. The summed E-state index contributed by atoms with van der Waals surface area (Å²) in [6, 6.07) is 15.4. The Bertz CT molecular complexity index is 1520. The Balaban J connectivity index is 1.17. The number of hydrogen-bond donors (Lipinski definition) is 0. The molecule has 47 heavy (non-hydrogen) atoms. The van der Waals surface area contributed by atoms with Crippen LogP contribution in [-0.2, 0) is 9.22 Å². The Labute approximate surface area is 288 Å². The molecule has 3 aliphatic carbocycles. The van der Waals surface area contributed by atoms with E-state index >= 15 is 0 Å². The van der Waals surface area contributed by atoms with Crippen molar-refractivity contribution in [3.63, 3.8) is 0 Å². The van der Waals surface area contributed by atoms with Gasteiger partial charge in [-0.15, -0.1) is 11.3 Å². The van der Waals surface area contributed by atoms with E-state index in [0.29, 0.717) is 23.7 Å². The highest BCUT2D eigenvalue weighted by Gasteiger charge is 2.41. The number of aromatic nitrogens is 1. The Hall–Kier alpha value is -2.48. The first-order chi connectivity index (χ1) is 22.4. The van der Waals surface area contributed by atoms with E-state index in [-0.39, 0.29) is 17.1 Å². The first kappa shape index (κ1) is 34.4. The molecule has 2 aromatic carbocycles. The van der Waals surface area contributed by atoms with Crippen molar-refractivity contribution in [3.05, 3.63) is 64.8 Å². The highest BCUT2D eigenvalue weighted by molar-refractivity contribution is 7.15. The molecule has 0 spiro atoms. The molecule has 7 heteroatoms. The molecular weight excluding hydrogens is 617 g/mol. The molecule has 3 aromatic rings. The summed E-state index contributed by atoms with van der Waals surface area (Å²) in [5.41, 5.74) is 4.85. The van der Waals surface area contributed by atoms with Crippen molar-refractivity contribution in [2.24, 2.45) is 11.8 Å². The van der Waals surface area contributed by atoms with Gasteiger partial charge in [-0.3, -0.25) is 4.79 Å². The number of ether oxygens (including phenoxy) is 1. The molecule has 0 unspecified atom stereocenters. The van der Waals surface area contributed by atoms with Crippen LogP contribution >= 0.6 is 11.3 Å². The largest absolute Gasteiger partial charge is 0.496 e. The molecule has 3 saturated carbocycles. The van der Waals surface area contributed by atoms with E-state index in [2.05, 4.69) is 88.2 Å². The quantitative estimate of drug-likeness (QED) is 0.201. The Morgan fingerprint density at radius 2 is 1.64 bits per heavy atom. The maximum absolute atomic E-state index is 14.5. The van der Waals surface area contributed by atoms with Gasteiger partial charge in [0, 0.05) is 36.4 Å². The van der Waals surface area contributed by atoms with Crippen LogP contribution in [-0.4, -0.2) is 39.0 Å². The third-order valence-electron chi connectivity index (χ3n) is 11.6. The van der Waals surface area contributed by atoms with Crippen molar-refractivity contribution in [2.45, 2.75) is 128 Å². The van der Waals surface area contributed by atoms with E-state index in [0.717, 1.165) is 56.5 Å². The molecule has 254 valence electrons. The number of benzene rings is 2. The standard InChI is InChI=1S/C40H56N2O3SSi/c1-27-23-32(19-22-36(27)44-5)29-13-11-28(12-14-29)26-42(34-10-8-9-33(24-34)37-25-41-38(46-37)30-15-16-30)39(43)31-17-20-35(21-18-31)45-47(6,7)40(2,3)4/h8-10,19,22-25,28-31,35H,11-18,20-21,26H2,1-7H3. The maximum Gasteiger partial charge on any atom is 0.230 e. The van der Waals surface area contributed by atoms with Crippen LogP contribution in [0.2, 0.25) is 18.1 Å². The fraction of sp³-hybridized carbons (Fsp3) is 0.600. The van der Waals surface area contributed by atoms with Crippen LogP contribution in [0.25, 0.3) is 10.4 Å². The number of carbonyl (C=O) groups is 1. The normalized spacial score (nSPS) is 23.8. The third kappa shape index (κ3) is 8.05. The van der Waals surface area contributed by atoms with Crippen molar-refractivity contribution in [3.8, 4) is 16.2 Å². The number of nitrogens with zero attached hydrogens (tertiary/aromatic N) is 2. The van der Waals surface area contributed by atoms with Gasteiger partial charge in [-0.2, -0.15) is 0 Å². The molecule has 0 aliphatic heterocycles. The molecule has 1 heterocycles. The van der Waals surface area contributed by atoms with E-state index in [1.165, 1.54) is 52.3 Å². The lowest BCUT2D eigenvalue weighted by molar-refractivity contribution is -0.124. The molecule has 0 saturated heterocycles. The van der Waals surface area contributed by atoms with Gasteiger partial charge < -0.3 is 14.1 Å². The predicted molar refractivity (Wildman–Crippen MR) is 198 cm³/mol. The second kappa shape index (κ2) is 14.2. The fourth-order valence-electron chi connectivity index (χ4n) is 7.42. The highest BCUT2D eigenvalue weighted by Crippen LogP contribution is 2.45. The lowest BCUT2D eigenvalue weighted by atomic mass is 9.78. The summed E-state index contributed by atoms with van der Waals surface area (Å²) in [6.07, 6.45) is 13.3. The lowest BCUT2D eigenvalue weighted by Crippen LogP contribution is -2.46. The Morgan fingerprint density at radius 3 is 2.28 bits per heavy atom. The lowest BCUT2D eigenvalue weighted by Gasteiger charge is -2.41. The average molecular weight is 673 g/mol. The molecule has 3 fully saturated rings. The van der Waals surface area contributed by atoms with Crippen LogP contribution < -0.4 is 9.64 Å². The molecule has 0 N–H and O–H groups in total. The summed E-state index contributed by atoms with van der Waals surface area (Å²) in [6.45, 7) is 14.6. The summed E-state index contributed by atoms with van der Waals surface area (Å²) in [4.78, 5) is 22.7. The van der Waals surface area contributed by atoms with Crippen molar-refractivity contribution >= 4 is 31.2 Å². The monoisotopic (exact) mass is 672 g/mol. The van der Waals surface area contributed by atoms with Crippen LogP contribution in [0.1, 0.15) is 113 Å². The summed E-state index contributed by atoms with van der Waals surface area (Å²) >= 11 is 1.82. The second-order valence-corrected chi connectivity index (χ2v) is 22.0. The van der Waals surface area contributed by atoms with Crippen molar-refractivity contribution in [1.29, 1.82) is 0 Å². The van der Waals surface area contributed by atoms with E-state index in [9.17, 15) is 4.79 Å². The smallest absolute Gasteiger partial charge is 0.230 e. The van der Waals surface area contributed by atoms with Gasteiger partial charge in [0.2, 0.25) is 5.91 Å². The number of carbonyl (C=O) groups excluding carboxylic acids is 1. The van der Waals surface area contributed by atoms with Gasteiger partial charge in [-0.25, -0.2) is 4.98 Å². The number of hydrogen-bond acceptors (Lipinski definition) is 5. The zero-order chi connectivity index (χ0) is 33.3. The summed E-state index contributed by atoms with van der Waals surface area (Å²) in [5.74, 6) is 3.06. The number of amides is 1. The van der Waals surface area contributed by atoms with E-state index in [1.54, 1.807) is 7.11 Å². The highest BCUT2D eigenvalue weighted by atomic mass is 32.1. The number of thiazole rings is 1. The number of aryl methyl sites for hydroxylation is 1. The molecule has 0 radical (unpaired) electrons.